The second-order valence-electron chi connectivity index (χ2n) is 6.16. The Bertz CT molecular complexity index is 806. The summed E-state index contributed by atoms with van der Waals surface area (Å²) in [5.74, 6) is -3.52. The molecule has 0 fully saturated rings. The summed E-state index contributed by atoms with van der Waals surface area (Å²) in [6.07, 6.45) is 3.81. The normalized spacial score (nSPS) is 17.5. The number of H-pyrrole nitrogens is 1. The molecular weight excluding hydrogens is 330 g/mol. The summed E-state index contributed by atoms with van der Waals surface area (Å²) in [6, 6.07) is 2.59. The van der Waals surface area contributed by atoms with Gasteiger partial charge in [-0.05, 0) is 49.4 Å². The molecule has 1 aliphatic rings. The number of carbonyl (C=O) groups excluding carboxylic acids is 2. The van der Waals surface area contributed by atoms with E-state index in [2.05, 4.69) is 20.8 Å². The minimum Gasteiger partial charge on any atom is -0.345 e. The topological polar surface area (TPSA) is 86.9 Å². The van der Waals surface area contributed by atoms with Crippen LogP contribution in [0.3, 0.4) is 0 Å². The van der Waals surface area contributed by atoms with Gasteiger partial charge in [0.15, 0.2) is 11.6 Å². The van der Waals surface area contributed by atoms with Crippen LogP contribution in [0.15, 0.2) is 24.4 Å². The molecule has 8 heteroatoms. The zero-order valence-electron chi connectivity index (χ0n) is 13.6. The number of aryl methyl sites for hydroxylation is 1. The van der Waals surface area contributed by atoms with Gasteiger partial charge in [0, 0.05) is 11.7 Å². The molecule has 25 heavy (non-hydrogen) atoms. The van der Waals surface area contributed by atoms with Crippen molar-refractivity contribution >= 4 is 11.8 Å². The highest BCUT2D eigenvalue weighted by atomic mass is 19.2. The SMILES string of the molecule is CC(NC(=O)C(=O)NC1CCc2[nH]ncc2C1)c1ccc(F)c(F)c1. The Kier molecular flexibility index (Phi) is 4.78. The van der Waals surface area contributed by atoms with Crippen molar-refractivity contribution in [3.63, 3.8) is 0 Å². The summed E-state index contributed by atoms with van der Waals surface area (Å²) in [5, 5.41) is 12.1. The lowest BCUT2D eigenvalue weighted by Gasteiger charge is -2.23. The Morgan fingerprint density at radius 2 is 2.08 bits per heavy atom. The van der Waals surface area contributed by atoms with Gasteiger partial charge in [0.25, 0.3) is 0 Å². The van der Waals surface area contributed by atoms with E-state index in [-0.39, 0.29) is 6.04 Å². The van der Waals surface area contributed by atoms with Crippen LogP contribution in [0.5, 0.6) is 0 Å². The number of aromatic nitrogens is 2. The van der Waals surface area contributed by atoms with Crippen molar-refractivity contribution in [1.29, 1.82) is 0 Å². The quantitative estimate of drug-likeness (QED) is 0.736. The van der Waals surface area contributed by atoms with Crippen LogP contribution in [0.2, 0.25) is 0 Å². The first kappa shape index (κ1) is 17.1. The first-order valence-electron chi connectivity index (χ1n) is 8.01. The summed E-state index contributed by atoms with van der Waals surface area (Å²) < 4.78 is 26.2. The maximum atomic E-state index is 13.3. The molecule has 2 atom stereocenters. The van der Waals surface area contributed by atoms with Crippen LogP contribution < -0.4 is 10.6 Å². The van der Waals surface area contributed by atoms with Crippen LogP contribution in [0.1, 0.15) is 36.2 Å². The Balaban J connectivity index is 1.55. The summed E-state index contributed by atoms with van der Waals surface area (Å²) in [4.78, 5) is 24.1. The Morgan fingerprint density at radius 1 is 1.28 bits per heavy atom. The number of hydrogen-bond donors (Lipinski definition) is 3. The Hall–Kier alpha value is -2.77. The average Bonchev–Trinajstić information content (AvgIpc) is 3.04. The standard InChI is InChI=1S/C17H18F2N4O2/c1-9(10-2-4-13(18)14(19)7-10)21-16(24)17(25)22-12-3-5-15-11(6-12)8-20-23-15/h2,4,7-9,12H,3,5-6H2,1H3,(H,20,23)(H,21,24)(H,22,25). The van der Waals surface area contributed by atoms with Crippen LogP contribution in [-0.4, -0.2) is 28.1 Å². The van der Waals surface area contributed by atoms with E-state index in [4.69, 9.17) is 0 Å². The van der Waals surface area contributed by atoms with Crippen molar-refractivity contribution in [3.8, 4) is 0 Å². The second-order valence-corrected chi connectivity index (χ2v) is 6.16. The number of benzene rings is 1. The summed E-state index contributed by atoms with van der Waals surface area (Å²) in [6.45, 7) is 1.59. The molecule has 3 rings (SSSR count). The molecule has 0 radical (unpaired) electrons. The van der Waals surface area contributed by atoms with Gasteiger partial charge in [0.2, 0.25) is 0 Å². The fourth-order valence-electron chi connectivity index (χ4n) is 2.92. The summed E-state index contributed by atoms with van der Waals surface area (Å²) in [7, 11) is 0. The number of hydrogen-bond acceptors (Lipinski definition) is 3. The number of carbonyl (C=O) groups is 2. The molecule has 6 nitrogen and oxygen atoms in total. The molecule has 1 aliphatic carbocycles. The number of nitrogens with one attached hydrogen (secondary N) is 3. The number of halogens is 2. The molecule has 2 amide bonds. The van der Waals surface area contributed by atoms with Gasteiger partial charge < -0.3 is 10.6 Å². The van der Waals surface area contributed by atoms with Gasteiger partial charge in [0.1, 0.15) is 0 Å². The van der Waals surface area contributed by atoms with E-state index in [0.29, 0.717) is 18.4 Å². The third kappa shape index (κ3) is 3.84. The fraction of sp³-hybridized carbons (Fsp3) is 0.353. The maximum absolute atomic E-state index is 13.3. The van der Waals surface area contributed by atoms with Crippen molar-refractivity contribution in [3.05, 3.63) is 52.9 Å². The third-order valence-electron chi connectivity index (χ3n) is 4.35. The van der Waals surface area contributed by atoms with Crippen LogP contribution in [0.4, 0.5) is 8.78 Å². The van der Waals surface area contributed by atoms with Gasteiger partial charge in [-0.2, -0.15) is 5.10 Å². The van der Waals surface area contributed by atoms with Crippen LogP contribution in [0.25, 0.3) is 0 Å². The van der Waals surface area contributed by atoms with E-state index in [1.54, 1.807) is 13.1 Å². The molecule has 2 aromatic rings. The van der Waals surface area contributed by atoms with Gasteiger partial charge in [-0.15, -0.1) is 0 Å². The molecule has 0 spiro atoms. The van der Waals surface area contributed by atoms with E-state index >= 15 is 0 Å². The van der Waals surface area contributed by atoms with E-state index < -0.39 is 29.5 Å². The zero-order chi connectivity index (χ0) is 18.0. The average molecular weight is 348 g/mol. The van der Waals surface area contributed by atoms with Crippen molar-refractivity contribution in [1.82, 2.24) is 20.8 Å². The number of amides is 2. The second kappa shape index (κ2) is 7.00. The molecule has 0 saturated heterocycles. The first-order chi connectivity index (χ1) is 11.9. The molecule has 132 valence electrons. The van der Waals surface area contributed by atoms with Crippen molar-refractivity contribution in [2.75, 3.05) is 0 Å². The predicted octanol–water partition coefficient (Wildman–Crippen LogP) is 1.54. The Labute approximate surface area is 143 Å². The van der Waals surface area contributed by atoms with Gasteiger partial charge in [-0.25, -0.2) is 8.78 Å². The smallest absolute Gasteiger partial charge is 0.309 e. The largest absolute Gasteiger partial charge is 0.345 e. The lowest BCUT2D eigenvalue weighted by atomic mass is 9.93. The molecule has 2 unspecified atom stereocenters. The van der Waals surface area contributed by atoms with Gasteiger partial charge in [0.05, 0.1) is 12.2 Å². The monoisotopic (exact) mass is 348 g/mol. The summed E-state index contributed by atoms with van der Waals surface area (Å²) >= 11 is 0. The maximum Gasteiger partial charge on any atom is 0.309 e. The molecule has 1 aromatic heterocycles. The van der Waals surface area contributed by atoms with E-state index in [1.807, 2.05) is 0 Å². The fourth-order valence-corrected chi connectivity index (χ4v) is 2.92. The molecular formula is C17H18F2N4O2. The zero-order valence-corrected chi connectivity index (χ0v) is 13.6. The summed E-state index contributed by atoms with van der Waals surface area (Å²) in [5.41, 5.74) is 2.47. The molecule has 0 bridgehead atoms. The predicted molar refractivity (Wildman–Crippen MR) is 85.5 cm³/mol. The molecule has 1 heterocycles. The highest BCUT2D eigenvalue weighted by molar-refractivity contribution is 6.35. The highest BCUT2D eigenvalue weighted by Crippen LogP contribution is 2.19. The minimum absolute atomic E-state index is 0.137. The van der Waals surface area contributed by atoms with E-state index in [9.17, 15) is 18.4 Å². The highest BCUT2D eigenvalue weighted by Gasteiger charge is 2.25. The lowest BCUT2D eigenvalue weighted by molar-refractivity contribution is -0.140. The lowest BCUT2D eigenvalue weighted by Crippen LogP contribution is -2.46. The number of rotatable bonds is 3. The van der Waals surface area contributed by atoms with Crippen molar-refractivity contribution in [2.24, 2.45) is 0 Å². The Morgan fingerprint density at radius 3 is 2.84 bits per heavy atom. The van der Waals surface area contributed by atoms with Gasteiger partial charge in [-0.1, -0.05) is 6.07 Å². The number of nitrogens with zero attached hydrogens (tertiary/aromatic N) is 1. The van der Waals surface area contributed by atoms with E-state index in [1.165, 1.54) is 6.07 Å². The first-order valence-corrected chi connectivity index (χ1v) is 8.01. The van der Waals surface area contributed by atoms with Crippen LogP contribution >= 0.6 is 0 Å². The van der Waals surface area contributed by atoms with Crippen LogP contribution in [-0.2, 0) is 22.4 Å². The molecule has 0 aliphatic heterocycles. The van der Waals surface area contributed by atoms with Crippen molar-refractivity contribution < 1.29 is 18.4 Å². The number of aromatic amines is 1. The molecule has 0 saturated carbocycles. The number of fused-ring (bicyclic) bond motifs is 1. The van der Waals surface area contributed by atoms with Gasteiger partial charge >= 0.3 is 11.8 Å². The third-order valence-corrected chi connectivity index (χ3v) is 4.35. The molecule has 3 N–H and O–H groups in total. The van der Waals surface area contributed by atoms with Gasteiger partial charge in [-0.3, -0.25) is 14.7 Å². The molecule has 1 aromatic carbocycles. The van der Waals surface area contributed by atoms with Crippen LogP contribution in [0, 0.1) is 11.6 Å². The van der Waals surface area contributed by atoms with E-state index in [0.717, 1.165) is 29.8 Å². The minimum atomic E-state index is -0.999. The van der Waals surface area contributed by atoms with Crippen molar-refractivity contribution in [2.45, 2.75) is 38.3 Å².